The van der Waals surface area contributed by atoms with Crippen LogP contribution in [0.15, 0.2) is 66.9 Å². The van der Waals surface area contributed by atoms with E-state index in [2.05, 4.69) is 59.7 Å². The van der Waals surface area contributed by atoms with Crippen LogP contribution in [0, 0.1) is 6.92 Å². The zero-order valence-corrected chi connectivity index (χ0v) is 16.3. The number of hydrogen-bond acceptors (Lipinski definition) is 2. The third-order valence-corrected chi connectivity index (χ3v) is 5.50. The molecular formula is C25H22N2O2. The Balaban J connectivity index is 1.36. The molecule has 4 aromatic rings. The normalized spacial score (nSPS) is 12.6. The number of ether oxygens (including phenoxy) is 1. The number of benzene rings is 3. The number of anilines is 1. The number of H-pyrrole nitrogens is 1. The second-order valence-corrected chi connectivity index (χ2v) is 7.57. The van der Waals surface area contributed by atoms with E-state index in [9.17, 15) is 4.79 Å². The monoisotopic (exact) mass is 382 g/mol. The first-order chi connectivity index (χ1) is 14.2. The number of amides is 1. The van der Waals surface area contributed by atoms with E-state index in [1.54, 1.807) is 0 Å². The van der Waals surface area contributed by atoms with Crippen molar-refractivity contribution >= 4 is 22.5 Å². The molecule has 3 aromatic carbocycles. The van der Waals surface area contributed by atoms with Gasteiger partial charge in [0.15, 0.2) is 0 Å². The molecule has 0 unspecified atom stereocenters. The molecule has 1 aliphatic rings. The molecule has 4 nitrogen and oxygen atoms in total. The molecule has 0 atom stereocenters. The van der Waals surface area contributed by atoms with Crippen LogP contribution in [0.1, 0.15) is 16.7 Å². The summed E-state index contributed by atoms with van der Waals surface area (Å²) in [5.74, 6) is 0.927. The summed E-state index contributed by atoms with van der Waals surface area (Å²) in [6, 6.07) is 20.5. The van der Waals surface area contributed by atoms with Gasteiger partial charge in [0.1, 0.15) is 5.75 Å². The molecule has 144 valence electrons. The van der Waals surface area contributed by atoms with E-state index in [0.717, 1.165) is 46.7 Å². The van der Waals surface area contributed by atoms with Gasteiger partial charge in [-0.2, -0.15) is 0 Å². The number of nitrogens with one attached hydrogen (secondary N) is 2. The van der Waals surface area contributed by atoms with Crippen molar-refractivity contribution < 1.29 is 9.53 Å². The molecule has 0 aliphatic carbocycles. The standard InChI is InChI=1S/C25H22N2O2/c1-16-2-5-21(15-22(16)18-4-6-23-19(14-18)8-10-26-23)27-25(28)13-17-3-7-24-20(12-17)9-11-29-24/h2-8,10,12,14-15,26H,9,11,13H2,1H3,(H,27,28). The van der Waals surface area contributed by atoms with Crippen LogP contribution < -0.4 is 10.1 Å². The molecule has 0 saturated carbocycles. The summed E-state index contributed by atoms with van der Waals surface area (Å²) < 4.78 is 5.54. The molecule has 2 heterocycles. The highest BCUT2D eigenvalue weighted by atomic mass is 16.5. The van der Waals surface area contributed by atoms with Crippen molar-refractivity contribution in [2.24, 2.45) is 0 Å². The number of aromatic amines is 1. The maximum absolute atomic E-state index is 12.6. The van der Waals surface area contributed by atoms with Crippen molar-refractivity contribution in [3.63, 3.8) is 0 Å². The molecular weight excluding hydrogens is 360 g/mol. The van der Waals surface area contributed by atoms with E-state index in [4.69, 9.17) is 4.74 Å². The molecule has 1 amide bonds. The fourth-order valence-corrected chi connectivity index (χ4v) is 3.97. The number of aromatic nitrogens is 1. The van der Waals surface area contributed by atoms with E-state index < -0.39 is 0 Å². The van der Waals surface area contributed by atoms with Crippen LogP contribution in [0.25, 0.3) is 22.0 Å². The van der Waals surface area contributed by atoms with Gasteiger partial charge in [0, 0.05) is 23.8 Å². The minimum absolute atomic E-state index is 0.0141. The predicted octanol–water partition coefficient (Wildman–Crippen LogP) is 5.26. The summed E-state index contributed by atoms with van der Waals surface area (Å²) in [5.41, 5.74) is 7.58. The van der Waals surface area contributed by atoms with E-state index in [1.165, 1.54) is 16.5 Å². The van der Waals surface area contributed by atoms with Crippen molar-refractivity contribution in [2.75, 3.05) is 11.9 Å². The Labute approximate surface area is 169 Å². The fraction of sp³-hybridized carbons (Fsp3) is 0.160. The van der Waals surface area contributed by atoms with E-state index in [-0.39, 0.29) is 5.91 Å². The molecule has 0 saturated heterocycles. The molecule has 1 aliphatic heterocycles. The lowest BCUT2D eigenvalue weighted by Gasteiger charge is -2.11. The highest BCUT2D eigenvalue weighted by Crippen LogP contribution is 2.30. The SMILES string of the molecule is Cc1ccc(NC(=O)Cc2ccc3c(c2)CCO3)cc1-c1ccc2[nH]ccc2c1. The first-order valence-electron chi connectivity index (χ1n) is 9.88. The summed E-state index contributed by atoms with van der Waals surface area (Å²) in [6.45, 7) is 2.82. The van der Waals surface area contributed by atoms with Crippen molar-refractivity contribution in [3.8, 4) is 16.9 Å². The molecule has 5 rings (SSSR count). The van der Waals surface area contributed by atoms with Crippen LogP contribution in [0.3, 0.4) is 0 Å². The Morgan fingerprint density at radius 2 is 2.00 bits per heavy atom. The molecule has 0 bridgehead atoms. The molecule has 1 aromatic heterocycles. The van der Waals surface area contributed by atoms with Gasteiger partial charge in [-0.1, -0.05) is 24.3 Å². The molecule has 0 spiro atoms. The van der Waals surface area contributed by atoms with Crippen molar-refractivity contribution in [1.29, 1.82) is 0 Å². The second-order valence-electron chi connectivity index (χ2n) is 7.57. The number of rotatable bonds is 4. The number of hydrogen-bond donors (Lipinski definition) is 2. The van der Waals surface area contributed by atoms with Crippen LogP contribution in [-0.2, 0) is 17.6 Å². The quantitative estimate of drug-likeness (QED) is 0.506. The number of aryl methyl sites for hydroxylation is 1. The Hall–Kier alpha value is -3.53. The highest BCUT2D eigenvalue weighted by molar-refractivity contribution is 5.93. The molecule has 2 N–H and O–H groups in total. The second kappa shape index (κ2) is 7.13. The maximum Gasteiger partial charge on any atom is 0.228 e. The average Bonchev–Trinajstić information content (AvgIpc) is 3.37. The van der Waals surface area contributed by atoms with Crippen LogP contribution in [0.4, 0.5) is 5.69 Å². The summed E-state index contributed by atoms with van der Waals surface area (Å²) in [5, 5.41) is 4.23. The third-order valence-electron chi connectivity index (χ3n) is 5.50. The number of carbonyl (C=O) groups excluding carboxylic acids is 1. The predicted molar refractivity (Wildman–Crippen MR) is 116 cm³/mol. The Morgan fingerprint density at radius 3 is 2.93 bits per heavy atom. The van der Waals surface area contributed by atoms with Gasteiger partial charge in [-0.25, -0.2) is 0 Å². The smallest absolute Gasteiger partial charge is 0.228 e. The maximum atomic E-state index is 12.6. The summed E-state index contributed by atoms with van der Waals surface area (Å²) in [6.07, 6.45) is 3.21. The van der Waals surface area contributed by atoms with Crippen LogP contribution in [-0.4, -0.2) is 17.5 Å². The summed E-state index contributed by atoms with van der Waals surface area (Å²) in [4.78, 5) is 15.8. The average molecular weight is 382 g/mol. The van der Waals surface area contributed by atoms with Crippen molar-refractivity contribution in [2.45, 2.75) is 19.8 Å². The topological polar surface area (TPSA) is 54.1 Å². The molecule has 29 heavy (non-hydrogen) atoms. The van der Waals surface area contributed by atoms with Gasteiger partial charge >= 0.3 is 0 Å². The van der Waals surface area contributed by atoms with Crippen LogP contribution >= 0.6 is 0 Å². The zero-order valence-electron chi connectivity index (χ0n) is 16.3. The number of fused-ring (bicyclic) bond motifs is 2. The number of carbonyl (C=O) groups is 1. The minimum atomic E-state index is -0.0141. The van der Waals surface area contributed by atoms with Crippen LogP contribution in [0.5, 0.6) is 5.75 Å². The Morgan fingerprint density at radius 1 is 1.07 bits per heavy atom. The first kappa shape index (κ1) is 17.6. The van der Waals surface area contributed by atoms with Crippen LogP contribution in [0.2, 0.25) is 0 Å². The molecule has 0 fully saturated rings. The summed E-state index contributed by atoms with van der Waals surface area (Å²) >= 11 is 0. The Bertz CT molecular complexity index is 1220. The minimum Gasteiger partial charge on any atom is -0.493 e. The zero-order chi connectivity index (χ0) is 19.8. The lowest BCUT2D eigenvalue weighted by Crippen LogP contribution is -2.14. The van der Waals surface area contributed by atoms with Gasteiger partial charge in [0.2, 0.25) is 5.91 Å². The van der Waals surface area contributed by atoms with E-state index >= 15 is 0 Å². The lowest BCUT2D eigenvalue weighted by molar-refractivity contribution is -0.115. The van der Waals surface area contributed by atoms with Gasteiger partial charge in [0.05, 0.1) is 13.0 Å². The Kier molecular flexibility index (Phi) is 4.32. The summed E-state index contributed by atoms with van der Waals surface area (Å²) in [7, 11) is 0. The third kappa shape index (κ3) is 3.49. The fourth-order valence-electron chi connectivity index (χ4n) is 3.97. The van der Waals surface area contributed by atoms with E-state index in [1.807, 2.05) is 24.4 Å². The van der Waals surface area contributed by atoms with Crippen molar-refractivity contribution in [3.05, 3.63) is 83.6 Å². The van der Waals surface area contributed by atoms with Gasteiger partial charge < -0.3 is 15.0 Å². The molecule has 0 radical (unpaired) electrons. The van der Waals surface area contributed by atoms with E-state index in [0.29, 0.717) is 6.42 Å². The lowest BCUT2D eigenvalue weighted by atomic mass is 9.98. The van der Waals surface area contributed by atoms with Gasteiger partial charge in [-0.15, -0.1) is 0 Å². The first-order valence-corrected chi connectivity index (χ1v) is 9.88. The highest BCUT2D eigenvalue weighted by Gasteiger charge is 2.14. The van der Waals surface area contributed by atoms with Gasteiger partial charge in [-0.05, 0) is 76.5 Å². The largest absolute Gasteiger partial charge is 0.493 e. The molecule has 4 heteroatoms. The van der Waals surface area contributed by atoms with Gasteiger partial charge in [-0.3, -0.25) is 4.79 Å². The van der Waals surface area contributed by atoms with Gasteiger partial charge in [0.25, 0.3) is 0 Å². The van der Waals surface area contributed by atoms with Crippen molar-refractivity contribution in [1.82, 2.24) is 4.98 Å².